The second-order valence-electron chi connectivity index (χ2n) is 5.93. The second-order valence-corrected chi connectivity index (χ2v) is 5.93. The molecule has 0 aromatic heterocycles. The van der Waals surface area contributed by atoms with E-state index in [1.165, 1.54) is 5.56 Å². The van der Waals surface area contributed by atoms with Crippen molar-refractivity contribution in [3.05, 3.63) is 59.2 Å². The number of amides is 1. The van der Waals surface area contributed by atoms with Crippen LogP contribution in [0.4, 0.5) is 0 Å². The molecular weight excluding hydrogens is 316 g/mol. The van der Waals surface area contributed by atoms with E-state index in [0.29, 0.717) is 17.1 Å². The quantitative estimate of drug-likeness (QED) is 0.685. The first-order valence-corrected chi connectivity index (χ1v) is 8.40. The molecule has 0 spiro atoms. The van der Waals surface area contributed by atoms with Gasteiger partial charge in [-0.1, -0.05) is 24.3 Å². The summed E-state index contributed by atoms with van der Waals surface area (Å²) < 4.78 is 10.4. The van der Waals surface area contributed by atoms with Gasteiger partial charge in [-0.25, -0.2) is 5.43 Å². The predicted octanol–water partition coefficient (Wildman–Crippen LogP) is 3.56. The molecule has 0 radical (unpaired) electrons. The van der Waals surface area contributed by atoms with Crippen molar-refractivity contribution >= 4 is 11.6 Å². The number of nitrogens with zero attached hydrogens (tertiary/aromatic N) is 1. The second kappa shape index (κ2) is 7.83. The van der Waals surface area contributed by atoms with Crippen LogP contribution in [0.15, 0.2) is 47.6 Å². The topological polar surface area (TPSA) is 59.9 Å². The smallest absolute Gasteiger partial charge is 0.271 e. The molecule has 0 saturated carbocycles. The molecule has 0 saturated heterocycles. The molecule has 2 aromatic carbocycles. The van der Waals surface area contributed by atoms with E-state index in [4.69, 9.17) is 9.47 Å². The van der Waals surface area contributed by atoms with E-state index >= 15 is 0 Å². The lowest BCUT2D eigenvalue weighted by molar-refractivity contribution is 0.0954. The fourth-order valence-corrected chi connectivity index (χ4v) is 3.04. The first-order valence-electron chi connectivity index (χ1n) is 8.40. The molecule has 3 rings (SSSR count). The molecule has 1 N–H and O–H groups in total. The summed E-state index contributed by atoms with van der Waals surface area (Å²) in [6.45, 7) is 0. The largest absolute Gasteiger partial charge is 0.493 e. The highest BCUT2D eigenvalue weighted by molar-refractivity contribution is 6.03. The number of benzene rings is 2. The van der Waals surface area contributed by atoms with Gasteiger partial charge in [0.1, 0.15) is 0 Å². The SMILES string of the molecule is COc1ccc(C(=O)N/N=C2/CCCCc3ccccc32)cc1OC. The van der Waals surface area contributed by atoms with E-state index in [1.807, 2.05) is 12.1 Å². The summed E-state index contributed by atoms with van der Waals surface area (Å²) in [7, 11) is 3.11. The molecule has 1 amide bonds. The predicted molar refractivity (Wildman–Crippen MR) is 97.5 cm³/mol. The normalized spacial score (nSPS) is 15.2. The maximum absolute atomic E-state index is 12.4. The van der Waals surface area contributed by atoms with Gasteiger partial charge in [0, 0.05) is 11.1 Å². The molecule has 0 atom stereocenters. The molecule has 0 heterocycles. The molecule has 2 aromatic rings. The van der Waals surface area contributed by atoms with Crippen molar-refractivity contribution in [1.29, 1.82) is 0 Å². The standard InChI is InChI=1S/C20H22N2O3/c1-24-18-12-11-15(13-19(18)25-2)20(23)22-21-17-10-6-4-8-14-7-3-5-9-16(14)17/h3,5,7,9,11-13H,4,6,8,10H2,1-2H3,(H,22,23)/b21-17-. The molecular formula is C20H22N2O3. The van der Waals surface area contributed by atoms with Crippen LogP contribution in [0.1, 0.15) is 40.7 Å². The Labute approximate surface area is 147 Å². The number of hydrazone groups is 1. The minimum atomic E-state index is -0.268. The van der Waals surface area contributed by atoms with Crippen LogP contribution < -0.4 is 14.9 Å². The van der Waals surface area contributed by atoms with Gasteiger partial charge in [0.25, 0.3) is 5.91 Å². The van der Waals surface area contributed by atoms with Crippen molar-refractivity contribution < 1.29 is 14.3 Å². The summed E-state index contributed by atoms with van der Waals surface area (Å²) in [5.74, 6) is 0.834. The Kier molecular flexibility index (Phi) is 5.33. The van der Waals surface area contributed by atoms with Crippen LogP contribution >= 0.6 is 0 Å². The summed E-state index contributed by atoms with van der Waals surface area (Å²) in [4.78, 5) is 12.4. The highest BCUT2D eigenvalue weighted by Gasteiger charge is 2.15. The molecule has 1 aliphatic rings. The highest BCUT2D eigenvalue weighted by Crippen LogP contribution is 2.27. The van der Waals surface area contributed by atoms with E-state index in [-0.39, 0.29) is 5.91 Å². The van der Waals surface area contributed by atoms with E-state index in [0.717, 1.165) is 37.0 Å². The van der Waals surface area contributed by atoms with Gasteiger partial charge in [0.2, 0.25) is 0 Å². The fraction of sp³-hybridized carbons (Fsp3) is 0.300. The van der Waals surface area contributed by atoms with Gasteiger partial charge in [-0.15, -0.1) is 0 Å². The van der Waals surface area contributed by atoms with Crippen molar-refractivity contribution in [1.82, 2.24) is 5.43 Å². The van der Waals surface area contributed by atoms with Crippen LogP contribution in [0.3, 0.4) is 0 Å². The molecule has 130 valence electrons. The van der Waals surface area contributed by atoms with Crippen molar-refractivity contribution in [2.45, 2.75) is 25.7 Å². The molecule has 25 heavy (non-hydrogen) atoms. The van der Waals surface area contributed by atoms with Crippen molar-refractivity contribution in [3.63, 3.8) is 0 Å². The minimum Gasteiger partial charge on any atom is -0.493 e. The summed E-state index contributed by atoms with van der Waals surface area (Å²) in [5.41, 5.74) is 6.51. The lowest BCUT2D eigenvalue weighted by atomic mass is 10.0. The number of hydrogen-bond donors (Lipinski definition) is 1. The summed E-state index contributed by atoms with van der Waals surface area (Å²) in [6.07, 6.45) is 4.13. The molecule has 0 unspecified atom stereocenters. The van der Waals surface area contributed by atoms with Gasteiger partial charge in [0.05, 0.1) is 19.9 Å². The number of fused-ring (bicyclic) bond motifs is 1. The molecule has 0 bridgehead atoms. The van der Waals surface area contributed by atoms with Crippen molar-refractivity contribution in [2.24, 2.45) is 5.10 Å². The minimum absolute atomic E-state index is 0.268. The van der Waals surface area contributed by atoms with Crippen LogP contribution in [0.25, 0.3) is 0 Å². The Morgan fingerprint density at radius 2 is 1.76 bits per heavy atom. The monoisotopic (exact) mass is 338 g/mol. The number of carbonyl (C=O) groups is 1. The number of hydrogen-bond acceptors (Lipinski definition) is 4. The lowest BCUT2D eigenvalue weighted by Crippen LogP contribution is -2.20. The Morgan fingerprint density at radius 3 is 2.56 bits per heavy atom. The number of methoxy groups -OCH3 is 2. The maximum atomic E-state index is 12.4. The van der Waals surface area contributed by atoms with Gasteiger partial charge >= 0.3 is 0 Å². The number of aryl methyl sites for hydroxylation is 1. The molecule has 5 nitrogen and oxygen atoms in total. The van der Waals surface area contributed by atoms with Gasteiger partial charge in [-0.3, -0.25) is 4.79 Å². The van der Waals surface area contributed by atoms with Gasteiger partial charge in [-0.2, -0.15) is 5.10 Å². The Bertz CT molecular complexity index is 799. The van der Waals surface area contributed by atoms with Gasteiger partial charge < -0.3 is 9.47 Å². The fourth-order valence-electron chi connectivity index (χ4n) is 3.04. The number of carbonyl (C=O) groups excluding carboxylic acids is 1. The average molecular weight is 338 g/mol. The van der Waals surface area contributed by atoms with Gasteiger partial charge in [0.15, 0.2) is 11.5 Å². The Hall–Kier alpha value is -2.82. The average Bonchev–Trinajstić information content (AvgIpc) is 2.87. The summed E-state index contributed by atoms with van der Waals surface area (Å²) in [6, 6.07) is 13.3. The maximum Gasteiger partial charge on any atom is 0.271 e. The van der Waals surface area contributed by atoms with E-state index in [2.05, 4.69) is 22.7 Å². The van der Waals surface area contributed by atoms with Crippen LogP contribution in [-0.4, -0.2) is 25.8 Å². The van der Waals surface area contributed by atoms with Crippen molar-refractivity contribution in [2.75, 3.05) is 14.2 Å². The van der Waals surface area contributed by atoms with E-state index < -0.39 is 0 Å². The molecule has 1 aliphatic carbocycles. The van der Waals surface area contributed by atoms with Crippen LogP contribution in [0.5, 0.6) is 11.5 Å². The number of ether oxygens (including phenoxy) is 2. The summed E-state index contributed by atoms with van der Waals surface area (Å²) in [5, 5.41) is 4.40. The highest BCUT2D eigenvalue weighted by atomic mass is 16.5. The van der Waals surface area contributed by atoms with Crippen molar-refractivity contribution in [3.8, 4) is 11.5 Å². The third kappa shape index (κ3) is 3.82. The number of nitrogens with one attached hydrogen (secondary N) is 1. The first-order chi connectivity index (χ1) is 12.2. The molecule has 0 fully saturated rings. The third-order valence-corrected chi connectivity index (χ3v) is 4.38. The molecule has 5 heteroatoms. The summed E-state index contributed by atoms with van der Waals surface area (Å²) >= 11 is 0. The zero-order valence-corrected chi connectivity index (χ0v) is 14.5. The Balaban J connectivity index is 1.81. The zero-order valence-electron chi connectivity index (χ0n) is 14.5. The van der Waals surface area contributed by atoms with Crippen LogP contribution in [0.2, 0.25) is 0 Å². The number of rotatable bonds is 4. The van der Waals surface area contributed by atoms with Crippen LogP contribution in [-0.2, 0) is 6.42 Å². The van der Waals surface area contributed by atoms with E-state index in [1.54, 1.807) is 32.4 Å². The zero-order chi connectivity index (χ0) is 17.6. The third-order valence-electron chi connectivity index (χ3n) is 4.38. The lowest BCUT2D eigenvalue weighted by Gasteiger charge is -2.10. The van der Waals surface area contributed by atoms with Gasteiger partial charge in [-0.05, 0) is 49.4 Å². The Morgan fingerprint density at radius 1 is 1.00 bits per heavy atom. The first kappa shape index (κ1) is 17.0. The molecule has 0 aliphatic heterocycles. The van der Waals surface area contributed by atoms with E-state index in [9.17, 15) is 4.79 Å². The van der Waals surface area contributed by atoms with Crippen LogP contribution in [0, 0.1) is 0 Å².